The first-order valence-corrected chi connectivity index (χ1v) is 6.69. The second-order valence-electron chi connectivity index (χ2n) is 5.24. The monoisotopic (exact) mass is 296 g/mol. The average Bonchev–Trinajstić information content (AvgIpc) is 2.45. The molecule has 2 rings (SSSR count). The summed E-state index contributed by atoms with van der Waals surface area (Å²) in [5.41, 5.74) is -0.947. The highest BCUT2D eigenvalue weighted by Crippen LogP contribution is 2.35. The van der Waals surface area contributed by atoms with Crippen LogP contribution in [0.1, 0.15) is 36.8 Å². The van der Waals surface area contributed by atoms with Crippen LogP contribution in [0.15, 0.2) is 18.2 Å². The van der Waals surface area contributed by atoms with Crippen molar-refractivity contribution in [1.29, 1.82) is 5.26 Å². The molecule has 0 N–H and O–H groups in total. The number of ketones is 1. The third-order valence-corrected chi connectivity index (χ3v) is 3.84. The first kappa shape index (κ1) is 15.4. The van der Waals surface area contributed by atoms with Gasteiger partial charge in [0.2, 0.25) is 0 Å². The van der Waals surface area contributed by atoms with Crippen molar-refractivity contribution in [3.8, 4) is 6.07 Å². The third kappa shape index (κ3) is 3.35. The van der Waals surface area contributed by atoms with Gasteiger partial charge < -0.3 is 4.90 Å². The van der Waals surface area contributed by atoms with E-state index in [0.717, 1.165) is 18.9 Å². The van der Waals surface area contributed by atoms with Crippen molar-refractivity contribution in [2.45, 2.75) is 37.9 Å². The molecule has 0 saturated heterocycles. The van der Waals surface area contributed by atoms with Crippen LogP contribution in [0.2, 0.25) is 0 Å². The van der Waals surface area contributed by atoms with Gasteiger partial charge in [-0.3, -0.25) is 4.79 Å². The quantitative estimate of drug-likeness (QED) is 0.838. The zero-order chi connectivity index (χ0) is 15.6. The van der Waals surface area contributed by atoms with Gasteiger partial charge in [-0.1, -0.05) is 0 Å². The maximum atomic E-state index is 13.0. The van der Waals surface area contributed by atoms with Crippen LogP contribution >= 0.6 is 0 Å². The second-order valence-corrected chi connectivity index (χ2v) is 5.24. The molecule has 1 unspecified atom stereocenters. The number of Topliss-reactive ketones (excluding diaryl/α,β-unsaturated/α-hetero) is 1. The van der Waals surface area contributed by atoms with Gasteiger partial charge in [0.05, 0.1) is 17.2 Å². The molecule has 0 heterocycles. The summed E-state index contributed by atoms with van der Waals surface area (Å²) in [4.78, 5) is 13.2. The fourth-order valence-electron chi connectivity index (χ4n) is 2.63. The normalized spacial score (nSPS) is 19.2. The molecule has 1 saturated carbocycles. The Balaban J connectivity index is 2.32. The predicted octanol–water partition coefficient (Wildman–Crippen LogP) is 3.52. The Morgan fingerprint density at radius 3 is 2.67 bits per heavy atom. The van der Waals surface area contributed by atoms with Crippen LogP contribution in [-0.2, 0) is 11.0 Å². The molecule has 1 fully saturated rings. The van der Waals surface area contributed by atoms with Gasteiger partial charge in [-0.2, -0.15) is 18.4 Å². The molecule has 21 heavy (non-hydrogen) atoms. The number of carbonyl (C=O) groups excluding carboxylic acids is 1. The van der Waals surface area contributed by atoms with E-state index < -0.39 is 11.7 Å². The molecule has 1 aromatic rings. The molecule has 0 spiro atoms. The minimum atomic E-state index is -4.57. The van der Waals surface area contributed by atoms with Crippen molar-refractivity contribution in [2.24, 2.45) is 0 Å². The highest BCUT2D eigenvalue weighted by Gasteiger charge is 2.34. The standard InChI is InChI=1S/C15H15F3N2O/c1-20(11-3-2-4-13(21)7-11)12-6-5-10(9-19)14(8-12)15(16,17)18/h5-6,8,11H,2-4,7H2,1H3. The molecule has 1 aliphatic carbocycles. The van der Waals surface area contributed by atoms with Gasteiger partial charge in [0, 0.05) is 31.6 Å². The van der Waals surface area contributed by atoms with Gasteiger partial charge in [0.1, 0.15) is 5.78 Å². The zero-order valence-electron chi connectivity index (χ0n) is 11.6. The number of hydrogen-bond acceptors (Lipinski definition) is 3. The van der Waals surface area contributed by atoms with Gasteiger partial charge >= 0.3 is 6.18 Å². The van der Waals surface area contributed by atoms with E-state index in [4.69, 9.17) is 5.26 Å². The van der Waals surface area contributed by atoms with Crippen LogP contribution in [0, 0.1) is 11.3 Å². The SMILES string of the molecule is CN(c1ccc(C#N)c(C(F)(F)F)c1)C1CCCC(=O)C1. The molecule has 112 valence electrons. The smallest absolute Gasteiger partial charge is 0.371 e. The van der Waals surface area contributed by atoms with Crippen LogP contribution in [0.4, 0.5) is 18.9 Å². The topological polar surface area (TPSA) is 44.1 Å². The van der Waals surface area contributed by atoms with Gasteiger partial charge in [-0.05, 0) is 31.0 Å². The zero-order valence-corrected chi connectivity index (χ0v) is 11.6. The summed E-state index contributed by atoms with van der Waals surface area (Å²) in [5, 5.41) is 8.79. The Bertz CT molecular complexity index is 590. The molecule has 0 bridgehead atoms. The van der Waals surface area contributed by atoms with Gasteiger partial charge in [0.15, 0.2) is 0 Å². The molecule has 1 atom stereocenters. The van der Waals surface area contributed by atoms with Crippen molar-refractivity contribution < 1.29 is 18.0 Å². The number of anilines is 1. The molecule has 0 amide bonds. The van der Waals surface area contributed by atoms with E-state index in [9.17, 15) is 18.0 Å². The number of nitrogens with zero attached hydrogens (tertiary/aromatic N) is 2. The van der Waals surface area contributed by atoms with Gasteiger partial charge in [-0.25, -0.2) is 0 Å². The van der Waals surface area contributed by atoms with E-state index >= 15 is 0 Å². The number of hydrogen-bond donors (Lipinski definition) is 0. The van der Waals surface area contributed by atoms with Crippen molar-refractivity contribution >= 4 is 11.5 Å². The Labute approximate surface area is 121 Å². The molecule has 1 aromatic carbocycles. The maximum Gasteiger partial charge on any atom is 0.417 e. The van der Waals surface area contributed by atoms with Crippen LogP contribution in [0.25, 0.3) is 0 Å². The molecule has 1 aliphatic rings. The van der Waals surface area contributed by atoms with Crippen LogP contribution in [-0.4, -0.2) is 18.9 Å². The second kappa shape index (κ2) is 5.76. The van der Waals surface area contributed by atoms with E-state index in [-0.39, 0.29) is 17.4 Å². The first-order chi connectivity index (χ1) is 9.82. The number of carbonyl (C=O) groups is 1. The third-order valence-electron chi connectivity index (χ3n) is 3.84. The van der Waals surface area contributed by atoms with E-state index in [1.54, 1.807) is 18.0 Å². The highest BCUT2D eigenvalue weighted by atomic mass is 19.4. The summed E-state index contributed by atoms with van der Waals surface area (Å²) in [7, 11) is 1.69. The lowest BCUT2D eigenvalue weighted by Gasteiger charge is -2.32. The minimum absolute atomic E-state index is 0.0831. The van der Waals surface area contributed by atoms with E-state index in [2.05, 4.69) is 0 Å². The number of halogens is 3. The molecule has 0 aromatic heterocycles. The summed E-state index contributed by atoms with van der Waals surface area (Å²) in [6.45, 7) is 0. The van der Waals surface area contributed by atoms with Gasteiger partial charge in [0.25, 0.3) is 0 Å². The van der Waals surface area contributed by atoms with E-state index in [1.807, 2.05) is 0 Å². The van der Waals surface area contributed by atoms with Gasteiger partial charge in [-0.15, -0.1) is 0 Å². The predicted molar refractivity (Wildman–Crippen MR) is 71.8 cm³/mol. The number of rotatable bonds is 2. The number of alkyl halides is 3. The van der Waals surface area contributed by atoms with E-state index in [1.165, 1.54) is 12.1 Å². The Morgan fingerprint density at radius 2 is 2.10 bits per heavy atom. The fraction of sp³-hybridized carbons (Fsp3) is 0.467. The Kier molecular flexibility index (Phi) is 4.21. The summed E-state index contributed by atoms with van der Waals surface area (Å²) in [5.74, 6) is 0.141. The summed E-state index contributed by atoms with van der Waals surface area (Å²) in [6.07, 6.45) is -2.12. The molecule has 0 aliphatic heterocycles. The molecule has 3 nitrogen and oxygen atoms in total. The first-order valence-electron chi connectivity index (χ1n) is 6.69. The number of nitriles is 1. The Hall–Kier alpha value is -2.03. The van der Waals surface area contributed by atoms with E-state index in [0.29, 0.717) is 18.5 Å². The van der Waals surface area contributed by atoms with Crippen LogP contribution < -0.4 is 4.90 Å². The van der Waals surface area contributed by atoms with Crippen molar-refractivity contribution in [2.75, 3.05) is 11.9 Å². The molecule has 0 radical (unpaired) electrons. The fourth-order valence-corrected chi connectivity index (χ4v) is 2.63. The van der Waals surface area contributed by atoms with Crippen molar-refractivity contribution in [1.82, 2.24) is 0 Å². The number of benzene rings is 1. The van der Waals surface area contributed by atoms with Crippen LogP contribution in [0.5, 0.6) is 0 Å². The maximum absolute atomic E-state index is 13.0. The Morgan fingerprint density at radius 1 is 1.38 bits per heavy atom. The molecular weight excluding hydrogens is 281 g/mol. The summed E-state index contributed by atoms with van der Waals surface area (Å²) < 4.78 is 38.9. The van der Waals surface area contributed by atoms with Crippen molar-refractivity contribution in [3.63, 3.8) is 0 Å². The highest BCUT2D eigenvalue weighted by molar-refractivity contribution is 5.80. The lowest BCUT2D eigenvalue weighted by Crippen LogP contribution is -2.36. The average molecular weight is 296 g/mol. The largest absolute Gasteiger partial charge is 0.417 e. The lowest BCUT2D eigenvalue weighted by molar-refractivity contribution is -0.137. The van der Waals surface area contributed by atoms with Crippen LogP contribution in [0.3, 0.4) is 0 Å². The summed E-state index contributed by atoms with van der Waals surface area (Å²) in [6, 6.07) is 5.14. The molecular formula is C15H15F3N2O. The molecule has 6 heteroatoms. The van der Waals surface area contributed by atoms with Crippen molar-refractivity contribution in [3.05, 3.63) is 29.3 Å². The minimum Gasteiger partial charge on any atom is -0.371 e. The summed E-state index contributed by atoms with van der Waals surface area (Å²) >= 11 is 0. The lowest BCUT2D eigenvalue weighted by atomic mass is 9.93.